The third kappa shape index (κ3) is 3.21. The second-order valence-electron chi connectivity index (χ2n) is 9.36. The van der Waals surface area contributed by atoms with Gasteiger partial charge in [-0.1, -0.05) is 13.8 Å². The van der Waals surface area contributed by atoms with Crippen LogP contribution in [0.5, 0.6) is 0 Å². The Morgan fingerprint density at radius 3 is 2.58 bits per heavy atom. The number of ketones is 1. The van der Waals surface area contributed by atoms with Crippen LogP contribution in [0.25, 0.3) is 0 Å². The average Bonchev–Trinajstić information content (AvgIpc) is 3.23. The van der Waals surface area contributed by atoms with Crippen molar-refractivity contribution in [2.24, 2.45) is 34.3 Å². The summed E-state index contributed by atoms with van der Waals surface area (Å²) in [6, 6.07) is 1.72. The number of hydrogen-bond acceptors (Lipinski definition) is 8. The van der Waals surface area contributed by atoms with Crippen LogP contribution in [0, 0.1) is 28.6 Å². The minimum absolute atomic E-state index is 0.0117. The number of primary amides is 1. The Morgan fingerprint density at radius 1 is 1.23 bits per heavy atom. The van der Waals surface area contributed by atoms with Gasteiger partial charge in [-0.2, -0.15) is 0 Å². The van der Waals surface area contributed by atoms with E-state index in [0.29, 0.717) is 24.8 Å². The first-order chi connectivity index (χ1) is 14.6. The number of nitrogens with two attached hydrogens (primary N) is 1. The number of hydrogen-bond donors (Lipinski definition) is 1. The topological polar surface area (TPSA) is 135 Å². The summed E-state index contributed by atoms with van der Waals surface area (Å²) in [5, 5.41) is 0. The maximum atomic E-state index is 13.7. The number of fused-ring (bicyclic) bond motifs is 3. The molecule has 9 heteroatoms. The molecule has 2 N–H and O–H groups in total. The summed E-state index contributed by atoms with van der Waals surface area (Å²) in [7, 11) is 1.29. The zero-order valence-corrected chi connectivity index (χ0v) is 17.8. The number of amides is 1. The van der Waals surface area contributed by atoms with Crippen LogP contribution in [0.3, 0.4) is 0 Å². The molecule has 0 aromatic carbocycles. The van der Waals surface area contributed by atoms with Crippen LogP contribution in [-0.4, -0.2) is 37.0 Å². The molecule has 4 rings (SSSR count). The maximum Gasteiger partial charge on any atom is 0.405 e. The van der Waals surface area contributed by atoms with E-state index in [1.165, 1.54) is 19.6 Å². The number of methoxy groups -OCH3 is 1. The fourth-order valence-electron chi connectivity index (χ4n) is 6.40. The molecule has 7 atom stereocenters. The molecule has 1 aromatic heterocycles. The molecule has 1 aromatic rings. The van der Waals surface area contributed by atoms with Crippen LogP contribution in [0.2, 0.25) is 0 Å². The Labute approximate surface area is 179 Å². The summed E-state index contributed by atoms with van der Waals surface area (Å²) >= 11 is 0. The second-order valence-corrected chi connectivity index (χ2v) is 9.36. The Bertz CT molecular complexity index is 911. The van der Waals surface area contributed by atoms with Crippen molar-refractivity contribution in [2.45, 2.75) is 51.7 Å². The highest BCUT2D eigenvalue weighted by molar-refractivity contribution is 5.93. The van der Waals surface area contributed by atoms with Crippen LogP contribution in [0.15, 0.2) is 23.0 Å². The predicted octanol–water partition coefficient (Wildman–Crippen LogP) is 2.53. The molecule has 2 saturated carbocycles. The van der Waals surface area contributed by atoms with Gasteiger partial charge in [0.05, 0.1) is 31.5 Å². The first-order valence-corrected chi connectivity index (χ1v) is 10.4. The average molecular weight is 433 g/mol. The van der Waals surface area contributed by atoms with E-state index in [0.717, 1.165) is 0 Å². The molecular weight excluding hydrogens is 406 g/mol. The number of carbonyl (C=O) groups is 4. The number of esters is 2. The fourth-order valence-corrected chi connectivity index (χ4v) is 6.40. The van der Waals surface area contributed by atoms with Crippen molar-refractivity contribution in [3.63, 3.8) is 0 Å². The van der Waals surface area contributed by atoms with E-state index in [2.05, 4.69) is 0 Å². The number of cyclic esters (lactones) is 1. The standard InChI is InChI=1S/C22H27NO8/c1-21-6-4-12-19(26)30-15(11-5-7-29-10-11)9-22(12,2)17(21)16(24)14(31-20(23)27)8-13(21)18(25)28-3/h5,7,10,12-15,17H,4,6,8-9H2,1-3H3,(H2,23,27)/t12-,13-,14+,15-,17?,21-,22-/m0/s1. The van der Waals surface area contributed by atoms with E-state index in [1.54, 1.807) is 6.07 Å². The van der Waals surface area contributed by atoms with E-state index in [1.807, 2.05) is 13.8 Å². The summed E-state index contributed by atoms with van der Waals surface area (Å²) in [6.07, 6.45) is 1.55. The molecule has 168 valence electrons. The molecule has 0 bridgehead atoms. The zero-order chi connectivity index (χ0) is 22.6. The first kappa shape index (κ1) is 21.4. The van der Waals surface area contributed by atoms with Crippen LogP contribution in [-0.2, 0) is 28.6 Å². The molecule has 31 heavy (non-hydrogen) atoms. The number of carbonyl (C=O) groups excluding carboxylic acids is 4. The van der Waals surface area contributed by atoms with Crippen LogP contribution in [0.4, 0.5) is 4.79 Å². The molecule has 1 amide bonds. The van der Waals surface area contributed by atoms with Crippen molar-refractivity contribution in [1.29, 1.82) is 0 Å². The molecule has 2 heterocycles. The number of ether oxygens (including phenoxy) is 3. The molecule has 1 saturated heterocycles. The van der Waals surface area contributed by atoms with Crippen LogP contribution >= 0.6 is 0 Å². The third-order valence-electron chi connectivity index (χ3n) is 7.76. The van der Waals surface area contributed by atoms with Crippen molar-refractivity contribution >= 4 is 23.8 Å². The lowest BCUT2D eigenvalue weighted by Crippen LogP contribution is -2.65. The zero-order valence-electron chi connectivity index (χ0n) is 17.8. The summed E-state index contributed by atoms with van der Waals surface area (Å²) in [5.74, 6) is -3.05. The number of Topliss-reactive ketones (excluding diaryl/α,β-unsaturated/α-hetero) is 1. The highest BCUT2D eigenvalue weighted by Crippen LogP contribution is 2.65. The van der Waals surface area contributed by atoms with Crippen LogP contribution in [0.1, 0.15) is 51.2 Å². The first-order valence-electron chi connectivity index (χ1n) is 10.4. The molecule has 0 radical (unpaired) electrons. The van der Waals surface area contributed by atoms with E-state index < -0.39 is 52.9 Å². The molecule has 1 aliphatic heterocycles. The SMILES string of the molecule is COC(=O)[C@@H]1C[C@@H](OC(N)=O)C(=O)C2[C@@]1(C)CC[C@H]1C(=O)O[C@H](c3ccoc3)C[C@]21C. The number of furan rings is 1. The van der Waals surface area contributed by atoms with E-state index in [4.69, 9.17) is 24.4 Å². The largest absolute Gasteiger partial charge is 0.472 e. The van der Waals surface area contributed by atoms with Gasteiger partial charge in [0.15, 0.2) is 11.9 Å². The second kappa shape index (κ2) is 7.39. The van der Waals surface area contributed by atoms with Gasteiger partial charge in [-0.15, -0.1) is 0 Å². The van der Waals surface area contributed by atoms with Gasteiger partial charge in [-0.05, 0) is 36.2 Å². The van der Waals surface area contributed by atoms with Gasteiger partial charge in [-0.3, -0.25) is 14.4 Å². The van der Waals surface area contributed by atoms with Crippen molar-refractivity contribution in [3.8, 4) is 0 Å². The Balaban J connectivity index is 1.80. The summed E-state index contributed by atoms with van der Waals surface area (Å²) in [5.41, 5.74) is 4.34. The lowest BCUT2D eigenvalue weighted by molar-refractivity contribution is -0.207. The van der Waals surface area contributed by atoms with E-state index in [-0.39, 0.29) is 18.2 Å². The monoisotopic (exact) mass is 433 g/mol. The van der Waals surface area contributed by atoms with Gasteiger partial charge >= 0.3 is 18.0 Å². The van der Waals surface area contributed by atoms with Gasteiger partial charge in [0, 0.05) is 17.9 Å². The molecule has 9 nitrogen and oxygen atoms in total. The van der Waals surface area contributed by atoms with Gasteiger partial charge in [0.25, 0.3) is 0 Å². The Morgan fingerprint density at radius 2 is 1.97 bits per heavy atom. The quantitative estimate of drug-likeness (QED) is 0.567. The van der Waals surface area contributed by atoms with E-state index in [9.17, 15) is 19.2 Å². The van der Waals surface area contributed by atoms with Gasteiger partial charge < -0.3 is 24.4 Å². The van der Waals surface area contributed by atoms with Crippen molar-refractivity contribution in [1.82, 2.24) is 0 Å². The molecule has 3 fully saturated rings. The smallest absolute Gasteiger partial charge is 0.405 e. The fraction of sp³-hybridized carbons (Fsp3) is 0.636. The summed E-state index contributed by atoms with van der Waals surface area (Å²) in [4.78, 5) is 50.9. The molecule has 3 aliphatic rings. The van der Waals surface area contributed by atoms with Crippen molar-refractivity contribution in [2.75, 3.05) is 7.11 Å². The Kier molecular flexibility index (Phi) is 5.10. The lowest BCUT2D eigenvalue weighted by atomic mass is 9.43. The van der Waals surface area contributed by atoms with Crippen LogP contribution < -0.4 is 5.73 Å². The lowest BCUT2D eigenvalue weighted by Gasteiger charge is -2.60. The summed E-state index contributed by atoms with van der Waals surface area (Å²) < 4.78 is 21.0. The highest BCUT2D eigenvalue weighted by Gasteiger charge is 2.67. The predicted molar refractivity (Wildman–Crippen MR) is 104 cm³/mol. The van der Waals surface area contributed by atoms with Gasteiger partial charge in [0.2, 0.25) is 0 Å². The third-order valence-corrected chi connectivity index (χ3v) is 7.76. The summed E-state index contributed by atoms with van der Waals surface area (Å²) in [6.45, 7) is 3.79. The minimum atomic E-state index is -1.17. The molecular formula is C22H27NO8. The number of rotatable bonds is 3. The van der Waals surface area contributed by atoms with E-state index >= 15 is 0 Å². The molecule has 0 spiro atoms. The molecule has 2 aliphatic carbocycles. The molecule has 1 unspecified atom stereocenters. The highest BCUT2D eigenvalue weighted by atomic mass is 16.6. The van der Waals surface area contributed by atoms with Crippen molar-refractivity contribution in [3.05, 3.63) is 24.2 Å². The van der Waals surface area contributed by atoms with Gasteiger partial charge in [-0.25, -0.2) is 4.79 Å². The van der Waals surface area contributed by atoms with Crippen molar-refractivity contribution < 1.29 is 37.8 Å². The normalized spacial score (nSPS) is 39.6. The minimum Gasteiger partial charge on any atom is -0.472 e. The Hall–Kier alpha value is -2.84. The maximum absolute atomic E-state index is 13.7. The van der Waals surface area contributed by atoms with Gasteiger partial charge in [0.1, 0.15) is 6.10 Å².